The highest BCUT2D eigenvalue weighted by molar-refractivity contribution is 5.95. The van der Waals surface area contributed by atoms with Gasteiger partial charge in [0, 0.05) is 18.4 Å². The van der Waals surface area contributed by atoms with Crippen molar-refractivity contribution in [3.63, 3.8) is 0 Å². The zero-order valence-electron chi connectivity index (χ0n) is 13.6. The minimum atomic E-state index is -0.566. The molecule has 2 rings (SSSR count). The first-order chi connectivity index (χ1) is 10.4. The van der Waals surface area contributed by atoms with E-state index in [1.165, 1.54) is 0 Å². The molecule has 0 radical (unpaired) electrons. The highest BCUT2D eigenvalue weighted by Gasteiger charge is 2.27. The molecule has 1 amide bonds. The van der Waals surface area contributed by atoms with E-state index in [4.69, 9.17) is 15.2 Å². The van der Waals surface area contributed by atoms with E-state index in [0.29, 0.717) is 12.3 Å². The van der Waals surface area contributed by atoms with Gasteiger partial charge in [0.25, 0.3) is 0 Å². The van der Waals surface area contributed by atoms with Gasteiger partial charge >= 0.3 is 0 Å². The van der Waals surface area contributed by atoms with Gasteiger partial charge in [0.2, 0.25) is 5.91 Å². The molecule has 122 valence electrons. The van der Waals surface area contributed by atoms with Gasteiger partial charge < -0.3 is 20.5 Å². The predicted octanol–water partition coefficient (Wildman–Crippen LogP) is 2.56. The zero-order valence-corrected chi connectivity index (χ0v) is 13.6. The fourth-order valence-electron chi connectivity index (χ4n) is 2.24. The fraction of sp³-hybridized carbons (Fsp3) is 0.588. The van der Waals surface area contributed by atoms with Gasteiger partial charge in [0.1, 0.15) is 12.4 Å². The molecule has 0 saturated carbocycles. The van der Waals surface area contributed by atoms with Gasteiger partial charge in [-0.3, -0.25) is 4.79 Å². The summed E-state index contributed by atoms with van der Waals surface area (Å²) in [5, 5.41) is 2.84. The van der Waals surface area contributed by atoms with Crippen LogP contribution in [-0.4, -0.2) is 31.3 Å². The topological polar surface area (TPSA) is 73.6 Å². The monoisotopic (exact) mass is 306 g/mol. The van der Waals surface area contributed by atoms with Crippen molar-refractivity contribution < 1.29 is 14.3 Å². The number of ether oxygens (including phenoxy) is 2. The average Bonchev–Trinajstić information content (AvgIpc) is 2.97. The molecule has 0 aliphatic carbocycles. The molecule has 1 aliphatic heterocycles. The summed E-state index contributed by atoms with van der Waals surface area (Å²) >= 11 is 0. The van der Waals surface area contributed by atoms with Gasteiger partial charge in [-0.1, -0.05) is 26.8 Å². The van der Waals surface area contributed by atoms with Crippen molar-refractivity contribution >= 4 is 11.6 Å². The van der Waals surface area contributed by atoms with E-state index in [-0.39, 0.29) is 17.4 Å². The number of carbonyl (C=O) groups is 1. The van der Waals surface area contributed by atoms with Crippen LogP contribution in [0.15, 0.2) is 24.3 Å². The molecule has 1 aromatic rings. The maximum atomic E-state index is 12.1. The summed E-state index contributed by atoms with van der Waals surface area (Å²) in [4.78, 5) is 12.1. The number of hydrogen-bond donors (Lipinski definition) is 2. The Hall–Kier alpha value is -1.59. The van der Waals surface area contributed by atoms with Crippen LogP contribution in [0.5, 0.6) is 5.75 Å². The standard InChI is InChI=1S/C17H26N2O3/c1-17(2,3)15(18)16(20)19-12-6-4-7-13(10-12)22-11-14-8-5-9-21-14/h4,6-7,10,14-15H,5,8-9,11,18H2,1-3H3,(H,19,20)/t14?,15-/m1/s1. The summed E-state index contributed by atoms with van der Waals surface area (Å²) in [7, 11) is 0. The van der Waals surface area contributed by atoms with E-state index >= 15 is 0 Å². The molecule has 3 N–H and O–H groups in total. The number of benzene rings is 1. The number of carbonyl (C=O) groups excluding carboxylic acids is 1. The van der Waals surface area contributed by atoms with E-state index in [1.807, 2.05) is 45.0 Å². The number of anilines is 1. The van der Waals surface area contributed by atoms with Crippen LogP contribution in [0.2, 0.25) is 0 Å². The maximum Gasteiger partial charge on any atom is 0.241 e. The lowest BCUT2D eigenvalue weighted by atomic mass is 9.87. The Kier molecular flexibility index (Phi) is 5.42. The normalized spacial score (nSPS) is 19.7. The summed E-state index contributed by atoms with van der Waals surface area (Å²) in [5.74, 6) is 0.529. The number of amides is 1. The van der Waals surface area contributed by atoms with Crippen LogP contribution in [0.4, 0.5) is 5.69 Å². The molecule has 1 heterocycles. The molecule has 0 spiro atoms. The molecule has 0 bridgehead atoms. The smallest absolute Gasteiger partial charge is 0.241 e. The third-order valence-electron chi connectivity index (χ3n) is 3.78. The molecular formula is C17H26N2O3. The molecule has 1 fully saturated rings. The first-order valence-electron chi connectivity index (χ1n) is 7.77. The molecule has 1 unspecified atom stereocenters. The number of nitrogens with two attached hydrogens (primary N) is 1. The Morgan fingerprint density at radius 1 is 1.50 bits per heavy atom. The Morgan fingerprint density at radius 2 is 2.27 bits per heavy atom. The molecule has 1 aliphatic rings. The van der Waals surface area contributed by atoms with Crippen LogP contribution in [0.1, 0.15) is 33.6 Å². The first kappa shape index (κ1) is 16.8. The van der Waals surface area contributed by atoms with Crippen molar-refractivity contribution in [3.8, 4) is 5.75 Å². The Bertz CT molecular complexity index is 505. The molecule has 5 heteroatoms. The van der Waals surface area contributed by atoms with Crippen molar-refractivity contribution in [2.45, 2.75) is 45.8 Å². The SMILES string of the molecule is CC(C)(C)[C@H](N)C(=O)Nc1cccc(OCC2CCCO2)c1. The predicted molar refractivity (Wildman–Crippen MR) is 87.0 cm³/mol. The van der Waals surface area contributed by atoms with E-state index in [9.17, 15) is 4.79 Å². The van der Waals surface area contributed by atoms with Crippen molar-refractivity contribution in [1.82, 2.24) is 0 Å². The van der Waals surface area contributed by atoms with E-state index in [2.05, 4.69) is 5.32 Å². The fourth-order valence-corrected chi connectivity index (χ4v) is 2.24. The molecule has 2 atom stereocenters. The van der Waals surface area contributed by atoms with Crippen molar-refractivity contribution in [2.24, 2.45) is 11.1 Å². The molecule has 0 aromatic heterocycles. The molecule has 1 saturated heterocycles. The average molecular weight is 306 g/mol. The lowest BCUT2D eigenvalue weighted by molar-refractivity contribution is -0.119. The third-order valence-corrected chi connectivity index (χ3v) is 3.78. The summed E-state index contributed by atoms with van der Waals surface area (Å²) in [6.07, 6.45) is 2.30. The minimum absolute atomic E-state index is 0.174. The van der Waals surface area contributed by atoms with Crippen LogP contribution in [0.3, 0.4) is 0 Å². The lowest BCUT2D eigenvalue weighted by Gasteiger charge is -2.25. The second kappa shape index (κ2) is 7.11. The Morgan fingerprint density at radius 3 is 2.91 bits per heavy atom. The second-order valence-corrected chi connectivity index (χ2v) is 6.81. The maximum absolute atomic E-state index is 12.1. The summed E-state index contributed by atoms with van der Waals surface area (Å²) in [6.45, 7) is 7.18. The van der Waals surface area contributed by atoms with Crippen molar-refractivity contribution in [1.29, 1.82) is 0 Å². The van der Waals surface area contributed by atoms with Crippen LogP contribution in [-0.2, 0) is 9.53 Å². The van der Waals surface area contributed by atoms with Crippen molar-refractivity contribution in [2.75, 3.05) is 18.5 Å². The van der Waals surface area contributed by atoms with E-state index < -0.39 is 6.04 Å². The molecule has 5 nitrogen and oxygen atoms in total. The first-order valence-corrected chi connectivity index (χ1v) is 7.77. The van der Waals surface area contributed by atoms with Gasteiger partial charge in [0.05, 0.1) is 12.1 Å². The highest BCUT2D eigenvalue weighted by Crippen LogP contribution is 2.22. The van der Waals surface area contributed by atoms with Crippen LogP contribution >= 0.6 is 0 Å². The Labute approximate surface area is 132 Å². The quantitative estimate of drug-likeness (QED) is 0.877. The number of nitrogens with one attached hydrogen (secondary N) is 1. The lowest BCUT2D eigenvalue weighted by Crippen LogP contribution is -2.45. The molecular weight excluding hydrogens is 280 g/mol. The van der Waals surface area contributed by atoms with E-state index in [1.54, 1.807) is 0 Å². The van der Waals surface area contributed by atoms with Gasteiger partial charge in [-0.05, 0) is 30.4 Å². The summed E-state index contributed by atoms with van der Waals surface area (Å²) in [6, 6.07) is 6.79. The van der Waals surface area contributed by atoms with Gasteiger partial charge in [-0.2, -0.15) is 0 Å². The van der Waals surface area contributed by atoms with Crippen LogP contribution in [0.25, 0.3) is 0 Å². The van der Waals surface area contributed by atoms with Gasteiger partial charge in [-0.25, -0.2) is 0 Å². The molecule has 1 aromatic carbocycles. The van der Waals surface area contributed by atoms with E-state index in [0.717, 1.165) is 25.2 Å². The Balaban J connectivity index is 1.91. The van der Waals surface area contributed by atoms with Gasteiger partial charge in [0.15, 0.2) is 0 Å². The minimum Gasteiger partial charge on any atom is -0.491 e. The number of rotatable bonds is 5. The third kappa shape index (κ3) is 4.71. The largest absolute Gasteiger partial charge is 0.491 e. The number of hydrogen-bond acceptors (Lipinski definition) is 4. The second-order valence-electron chi connectivity index (χ2n) is 6.81. The summed E-state index contributed by atoms with van der Waals surface area (Å²) in [5.41, 5.74) is 6.37. The molecule has 22 heavy (non-hydrogen) atoms. The van der Waals surface area contributed by atoms with Gasteiger partial charge in [-0.15, -0.1) is 0 Å². The van der Waals surface area contributed by atoms with Crippen LogP contribution < -0.4 is 15.8 Å². The zero-order chi connectivity index (χ0) is 16.2. The van der Waals surface area contributed by atoms with Crippen molar-refractivity contribution in [3.05, 3.63) is 24.3 Å². The summed E-state index contributed by atoms with van der Waals surface area (Å²) < 4.78 is 11.3. The highest BCUT2D eigenvalue weighted by atomic mass is 16.5. The van der Waals surface area contributed by atoms with Crippen LogP contribution in [0, 0.1) is 5.41 Å².